The number of hydrogen-bond donors (Lipinski definition) is 2. The maximum Gasteiger partial charge on any atom is 0.306 e. The molecule has 1 heterocycles. The van der Waals surface area contributed by atoms with E-state index in [4.69, 9.17) is 4.74 Å². The first-order chi connectivity index (χ1) is 14.3. The summed E-state index contributed by atoms with van der Waals surface area (Å²) < 4.78 is 5.78. The van der Waals surface area contributed by atoms with E-state index in [-0.39, 0.29) is 37.2 Å². The van der Waals surface area contributed by atoms with Crippen LogP contribution in [0.2, 0.25) is 0 Å². The molecule has 1 aromatic heterocycles. The molecule has 0 radical (unpaired) electrons. The molecule has 0 aliphatic rings. The van der Waals surface area contributed by atoms with Gasteiger partial charge in [0, 0.05) is 16.5 Å². The second-order valence-electron chi connectivity index (χ2n) is 6.64. The minimum absolute atomic E-state index is 0.0263. The third-order valence-corrected chi connectivity index (χ3v) is 5.84. The number of ether oxygens (including phenoxy) is 1. The fourth-order valence-corrected chi connectivity index (χ4v) is 3.58. The molecule has 2 rings (SSSR count). The molecule has 0 aliphatic heterocycles. The lowest BCUT2D eigenvalue weighted by atomic mass is 9.98. The van der Waals surface area contributed by atoms with Crippen LogP contribution in [0.4, 0.5) is 5.13 Å². The van der Waals surface area contributed by atoms with Crippen molar-refractivity contribution in [3.05, 3.63) is 28.7 Å². The van der Waals surface area contributed by atoms with Crippen LogP contribution in [0, 0.1) is 5.92 Å². The zero-order valence-corrected chi connectivity index (χ0v) is 19.5. The zero-order chi connectivity index (χ0) is 22.1. The summed E-state index contributed by atoms with van der Waals surface area (Å²) in [5.41, 5.74) is 0.891. The summed E-state index contributed by atoms with van der Waals surface area (Å²) >= 11 is 4.64. The number of aromatic nitrogens is 2. The number of esters is 1. The number of nitrogens with one attached hydrogen (secondary N) is 2. The number of halogens is 1. The average molecular weight is 497 g/mol. The van der Waals surface area contributed by atoms with Crippen LogP contribution in [-0.2, 0) is 19.1 Å². The quantitative estimate of drug-likeness (QED) is 0.484. The smallest absolute Gasteiger partial charge is 0.306 e. The lowest BCUT2D eigenvalue weighted by molar-refractivity contribution is -0.144. The Hall–Kier alpha value is -2.33. The number of carbonyl (C=O) groups is 3. The van der Waals surface area contributed by atoms with Gasteiger partial charge in [-0.1, -0.05) is 59.7 Å². The van der Waals surface area contributed by atoms with Crippen LogP contribution in [0.1, 0.15) is 40.0 Å². The lowest BCUT2D eigenvalue weighted by Crippen LogP contribution is -2.47. The standard InChI is InChI=1S/C20H25BrN4O4S/c1-4-12(3)17(22-15(26)10-11-16(27)29-5-2)18(28)23-20-25-24-19(30-20)13-6-8-14(21)9-7-13/h6-9,12,17H,4-5,10-11H2,1-3H3,(H,22,26)(H,23,25,28)/t12-,17-/m0/s1. The van der Waals surface area contributed by atoms with Crippen LogP contribution >= 0.6 is 27.3 Å². The molecule has 162 valence electrons. The Kier molecular flexibility index (Phi) is 9.38. The fraction of sp³-hybridized carbons (Fsp3) is 0.450. The van der Waals surface area contributed by atoms with Gasteiger partial charge in [-0.15, -0.1) is 10.2 Å². The average Bonchev–Trinajstić information content (AvgIpc) is 3.19. The highest BCUT2D eigenvalue weighted by molar-refractivity contribution is 9.10. The molecule has 0 bridgehead atoms. The van der Waals surface area contributed by atoms with Gasteiger partial charge < -0.3 is 10.1 Å². The van der Waals surface area contributed by atoms with Gasteiger partial charge in [-0.3, -0.25) is 19.7 Å². The van der Waals surface area contributed by atoms with Gasteiger partial charge in [0.05, 0.1) is 13.0 Å². The van der Waals surface area contributed by atoms with Gasteiger partial charge in [0.15, 0.2) is 0 Å². The van der Waals surface area contributed by atoms with Crippen LogP contribution < -0.4 is 10.6 Å². The fourth-order valence-electron chi connectivity index (χ4n) is 2.56. The van der Waals surface area contributed by atoms with Crippen LogP contribution in [-0.4, -0.2) is 40.6 Å². The zero-order valence-electron chi connectivity index (χ0n) is 17.1. The van der Waals surface area contributed by atoms with Crippen molar-refractivity contribution in [2.75, 3.05) is 11.9 Å². The molecule has 0 aliphatic carbocycles. The minimum atomic E-state index is -0.746. The monoisotopic (exact) mass is 496 g/mol. The first-order valence-electron chi connectivity index (χ1n) is 9.69. The van der Waals surface area contributed by atoms with Gasteiger partial charge >= 0.3 is 5.97 Å². The molecular weight excluding hydrogens is 472 g/mol. The Morgan fingerprint density at radius 3 is 2.47 bits per heavy atom. The van der Waals surface area contributed by atoms with E-state index in [1.165, 1.54) is 11.3 Å². The van der Waals surface area contributed by atoms with Crippen LogP contribution in [0.5, 0.6) is 0 Å². The second-order valence-corrected chi connectivity index (χ2v) is 8.54. The van der Waals surface area contributed by atoms with Gasteiger partial charge in [-0.25, -0.2) is 0 Å². The third kappa shape index (κ3) is 7.17. The van der Waals surface area contributed by atoms with Gasteiger partial charge in [0.1, 0.15) is 11.0 Å². The first kappa shape index (κ1) is 23.9. The molecule has 0 spiro atoms. The number of hydrogen-bond acceptors (Lipinski definition) is 7. The van der Waals surface area contributed by atoms with Crippen LogP contribution in [0.15, 0.2) is 28.7 Å². The molecule has 2 aromatic rings. The molecule has 10 heteroatoms. The molecule has 2 amide bonds. The summed E-state index contributed by atoms with van der Waals surface area (Å²) in [5.74, 6) is -1.29. The number of rotatable bonds is 10. The summed E-state index contributed by atoms with van der Waals surface area (Å²) in [6.45, 7) is 5.79. The summed E-state index contributed by atoms with van der Waals surface area (Å²) in [4.78, 5) is 36.5. The molecule has 2 atom stereocenters. The molecule has 2 N–H and O–H groups in total. The van der Waals surface area contributed by atoms with Gasteiger partial charge in [0.2, 0.25) is 16.9 Å². The SMILES string of the molecule is CCOC(=O)CCC(=O)N[C@H](C(=O)Nc1nnc(-c2ccc(Br)cc2)s1)[C@@H](C)CC. The molecule has 30 heavy (non-hydrogen) atoms. The number of anilines is 1. The van der Waals surface area contributed by atoms with E-state index in [9.17, 15) is 14.4 Å². The summed E-state index contributed by atoms with van der Waals surface area (Å²) in [6.07, 6.45) is 0.629. The minimum Gasteiger partial charge on any atom is -0.466 e. The van der Waals surface area contributed by atoms with E-state index in [0.29, 0.717) is 16.6 Å². The Morgan fingerprint density at radius 2 is 1.83 bits per heavy atom. The highest BCUT2D eigenvalue weighted by Crippen LogP contribution is 2.27. The molecule has 0 saturated carbocycles. The van der Waals surface area contributed by atoms with Crippen molar-refractivity contribution in [3.8, 4) is 10.6 Å². The van der Waals surface area contributed by atoms with Crippen molar-refractivity contribution in [2.24, 2.45) is 5.92 Å². The van der Waals surface area contributed by atoms with E-state index in [1.807, 2.05) is 38.1 Å². The summed E-state index contributed by atoms with van der Waals surface area (Å²) in [5, 5.41) is 14.6. The highest BCUT2D eigenvalue weighted by Gasteiger charge is 2.27. The van der Waals surface area contributed by atoms with E-state index in [0.717, 1.165) is 10.0 Å². The molecule has 8 nitrogen and oxygen atoms in total. The molecule has 0 fully saturated rings. The van der Waals surface area contributed by atoms with Crippen molar-refractivity contribution in [2.45, 2.75) is 46.1 Å². The van der Waals surface area contributed by atoms with Crippen molar-refractivity contribution < 1.29 is 19.1 Å². The van der Waals surface area contributed by atoms with Crippen LogP contribution in [0.3, 0.4) is 0 Å². The Balaban J connectivity index is 2.00. The molecular formula is C20H25BrN4O4S. The van der Waals surface area contributed by atoms with Crippen molar-refractivity contribution in [1.82, 2.24) is 15.5 Å². The van der Waals surface area contributed by atoms with E-state index in [2.05, 4.69) is 36.8 Å². The largest absolute Gasteiger partial charge is 0.466 e. The second kappa shape index (κ2) is 11.8. The predicted octanol–water partition coefficient (Wildman–Crippen LogP) is 3.78. The highest BCUT2D eigenvalue weighted by atomic mass is 79.9. The molecule has 1 aromatic carbocycles. The Bertz CT molecular complexity index is 872. The maximum absolute atomic E-state index is 12.8. The summed E-state index contributed by atoms with van der Waals surface area (Å²) in [6, 6.07) is 6.87. The summed E-state index contributed by atoms with van der Waals surface area (Å²) in [7, 11) is 0. The van der Waals surface area contributed by atoms with Crippen molar-refractivity contribution >= 4 is 50.2 Å². The van der Waals surface area contributed by atoms with Crippen LogP contribution in [0.25, 0.3) is 10.6 Å². The van der Waals surface area contributed by atoms with Crippen molar-refractivity contribution in [1.29, 1.82) is 0 Å². The lowest BCUT2D eigenvalue weighted by Gasteiger charge is -2.22. The van der Waals surface area contributed by atoms with Gasteiger partial charge in [0.25, 0.3) is 0 Å². The number of carbonyl (C=O) groups excluding carboxylic acids is 3. The number of benzene rings is 1. The molecule has 0 unspecified atom stereocenters. The number of nitrogens with zero attached hydrogens (tertiary/aromatic N) is 2. The van der Waals surface area contributed by atoms with E-state index >= 15 is 0 Å². The van der Waals surface area contributed by atoms with Gasteiger partial charge in [-0.05, 0) is 25.0 Å². The number of amides is 2. The van der Waals surface area contributed by atoms with Crippen molar-refractivity contribution in [3.63, 3.8) is 0 Å². The predicted molar refractivity (Wildman–Crippen MR) is 119 cm³/mol. The third-order valence-electron chi connectivity index (χ3n) is 4.42. The van der Waals surface area contributed by atoms with E-state index in [1.54, 1.807) is 6.92 Å². The maximum atomic E-state index is 12.8. The van der Waals surface area contributed by atoms with Gasteiger partial charge in [-0.2, -0.15) is 0 Å². The topological polar surface area (TPSA) is 110 Å². The normalized spacial score (nSPS) is 12.7. The Labute approximate surface area is 187 Å². The Morgan fingerprint density at radius 1 is 1.13 bits per heavy atom. The van der Waals surface area contributed by atoms with E-state index < -0.39 is 12.0 Å². The first-order valence-corrected chi connectivity index (χ1v) is 11.3. The molecule has 0 saturated heterocycles.